The summed E-state index contributed by atoms with van der Waals surface area (Å²) >= 11 is 0. The van der Waals surface area contributed by atoms with Crippen molar-refractivity contribution in [2.45, 2.75) is 52.5 Å². The average molecular weight is 703 g/mol. The van der Waals surface area contributed by atoms with Crippen LogP contribution in [0.5, 0.6) is 11.5 Å². The first-order chi connectivity index (χ1) is 22.6. The fourth-order valence-corrected chi connectivity index (χ4v) is 3.63. The monoisotopic (exact) mass is 702 g/mol. The smallest absolute Gasteiger partial charge is 0.490 e. The number of aromatic amines is 1. The zero-order chi connectivity index (χ0) is 37.2. The van der Waals surface area contributed by atoms with Gasteiger partial charge >= 0.3 is 24.3 Å². The molecule has 1 amide bonds. The second-order valence-corrected chi connectivity index (χ2v) is 10.8. The van der Waals surface area contributed by atoms with Crippen molar-refractivity contribution in [3.05, 3.63) is 54.2 Å². The van der Waals surface area contributed by atoms with Crippen molar-refractivity contribution < 1.29 is 60.4 Å². The summed E-state index contributed by atoms with van der Waals surface area (Å²) in [7, 11) is 0. The SMILES string of the molecule is CCOc1cc(C)cc2nc(-c3cccc(OCC(=O)NC(C)(C)C)c3)nc(Nc3cc[nH]n3)c12.O=C(O)C(F)(F)F.O=C(O)C(F)(F)F. The number of carbonyl (C=O) groups excluding carboxylic acids is 1. The standard InChI is InChI=1S/C26H30N6O3.2C2HF3O2/c1-6-34-20-13-16(2)12-19-23(20)25(29-21-10-11-27-32-21)30-24(28-19)17-8-7-9-18(14-17)35-15-22(33)31-26(3,4)5;2*3-2(4,5)1(6)7/h7-14H,6,15H2,1-5H3,(H,31,33)(H2,27,28,29,30,32);2*(H,6,7). The lowest BCUT2D eigenvalue weighted by Gasteiger charge is -2.20. The minimum atomic E-state index is -5.08. The van der Waals surface area contributed by atoms with Crippen LogP contribution in [0.1, 0.15) is 33.3 Å². The predicted molar refractivity (Wildman–Crippen MR) is 164 cm³/mol. The first-order valence-corrected chi connectivity index (χ1v) is 14.0. The maximum atomic E-state index is 12.2. The number of anilines is 2. The van der Waals surface area contributed by atoms with E-state index in [0.717, 1.165) is 22.0 Å². The molecule has 5 N–H and O–H groups in total. The topological polar surface area (TPSA) is 189 Å². The maximum Gasteiger partial charge on any atom is 0.490 e. The van der Waals surface area contributed by atoms with Gasteiger partial charge in [-0.3, -0.25) is 9.89 Å². The number of benzene rings is 2. The summed E-state index contributed by atoms with van der Waals surface area (Å²) in [4.78, 5) is 39.6. The fraction of sp³-hybridized carbons (Fsp3) is 0.333. The number of hydrogen-bond donors (Lipinski definition) is 5. The van der Waals surface area contributed by atoms with Crippen LogP contribution in [0.4, 0.5) is 38.0 Å². The summed E-state index contributed by atoms with van der Waals surface area (Å²) in [5.74, 6) is -2.73. The molecule has 0 bridgehead atoms. The number of carboxylic acid groups (broad SMARTS) is 2. The molecule has 0 aliphatic carbocycles. The van der Waals surface area contributed by atoms with Gasteiger partial charge in [-0.25, -0.2) is 19.6 Å². The van der Waals surface area contributed by atoms with Crippen LogP contribution < -0.4 is 20.1 Å². The minimum absolute atomic E-state index is 0.0812. The van der Waals surface area contributed by atoms with E-state index in [1.54, 1.807) is 12.3 Å². The van der Waals surface area contributed by atoms with Crippen LogP contribution >= 0.6 is 0 Å². The predicted octanol–water partition coefficient (Wildman–Crippen LogP) is 6.03. The second-order valence-electron chi connectivity index (χ2n) is 10.8. The number of fused-ring (bicyclic) bond motifs is 1. The highest BCUT2D eigenvalue weighted by molar-refractivity contribution is 5.97. The van der Waals surface area contributed by atoms with Gasteiger partial charge in [0.2, 0.25) is 0 Å². The first kappa shape index (κ1) is 39.6. The maximum absolute atomic E-state index is 12.2. The first-order valence-electron chi connectivity index (χ1n) is 14.0. The molecule has 2 aromatic carbocycles. The van der Waals surface area contributed by atoms with E-state index in [-0.39, 0.29) is 18.1 Å². The van der Waals surface area contributed by atoms with Crippen LogP contribution in [0.25, 0.3) is 22.3 Å². The van der Waals surface area contributed by atoms with E-state index in [4.69, 9.17) is 39.2 Å². The van der Waals surface area contributed by atoms with Gasteiger partial charge in [-0.15, -0.1) is 0 Å². The van der Waals surface area contributed by atoms with Gasteiger partial charge in [-0.1, -0.05) is 12.1 Å². The summed E-state index contributed by atoms with van der Waals surface area (Å²) in [5.41, 5.74) is 2.20. The van der Waals surface area contributed by atoms with Crippen LogP contribution in [0, 0.1) is 6.92 Å². The van der Waals surface area contributed by atoms with E-state index in [1.165, 1.54) is 0 Å². The number of alkyl halides is 6. The molecule has 0 atom stereocenters. The van der Waals surface area contributed by atoms with Crippen molar-refractivity contribution in [2.75, 3.05) is 18.5 Å². The molecule has 0 saturated carbocycles. The number of aliphatic carboxylic acids is 2. The number of ether oxygens (including phenoxy) is 2. The van der Waals surface area contributed by atoms with Crippen molar-refractivity contribution in [3.8, 4) is 22.9 Å². The third kappa shape index (κ3) is 13.2. The Morgan fingerprint density at radius 2 is 1.51 bits per heavy atom. The number of halogens is 6. The van der Waals surface area contributed by atoms with Gasteiger partial charge in [0, 0.05) is 23.4 Å². The van der Waals surface area contributed by atoms with E-state index >= 15 is 0 Å². The molecule has 49 heavy (non-hydrogen) atoms. The normalized spacial score (nSPS) is 11.3. The summed E-state index contributed by atoms with van der Waals surface area (Å²) in [6.07, 6.45) is -8.43. The van der Waals surface area contributed by atoms with Gasteiger partial charge in [0.15, 0.2) is 18.2 Å². The molecule has 4 rings (SSSR count). The molecule has 0 aliphatic heterocycles. The molecular weight excluding hydrogens is 670 g/mol. The Bertz CT molecular complexity index is 1720. The van der Waals surface area contributed by atoms with Gasteiger partial charge < -0.3 is 30.3 Å². The van der Waals surface area contributed by atoms with Crippen molar-refractivity contribution in [1.82, 2.24) is 25.5 Å². The van der Waals surface area contributed by atoms with E-state index in [9.17, 15) is 31.1 Å². The molecule has 0 spiro atoms. The Hall–Kier alpha value is -5.62. The van der Waals surface area contributed by atoms with Crippen molar-refractivity contribution in [2.24, 2.45) is 0 Å². The Labute approximate surface area is 274 Å². The third-order valence-electron chi connectivity index (χ3n) is 5.42. The number of H-pyrrole nitrogens is 1. The number of hydrogen-bond acceptors (Lipinski definition) is 9. The van der Waals surface area contributed by atoms with Crippen LogP contribution in [-0.2, 0) is 14.4 Å². The fourth-order valence-electron chi connectivity index (χ4n) is 3.63. The number of aromatic nitrogens is 4. The number of carbonyl (C=O) groups is 3. The molecule has 0 unspecified atom stereocenters. The number of nitrogens with one attached hydrogen (secondary N) is 3. The van der Waals surface area contributed by atoms with Crippen LogP contribution in [0.15, 0.2) is 48.7 Å². The molecule has 4 aromatic rings. The van der Waals surface area contributed by atoms with E-state index in [2.05, 4.69) is 20.8 Å². The lowest BCUT2D eigenvalue weighted by molar-refractivity contribution is -0.193. The van der Waals surface area contributed by atoms with Crippen LogP contribution in [-0.4, -0.2) is 79.3 Å². The molecule has 0 fully saturated rings. The molecule has 0 aliphatic rings. The molecule has 0 saturated heterocycles. The van der Waals surface area contributed by atoms with Gasteiger partial charge in [-0.2, -0.15) is 31.4 Å². The largest absolute Gasteiger partial charge is 0.493 e. The Kier molecular flexibility index (Phi) is 13.3. The zero-order valence-electron chi connectivity index (χ0n) is 26.6. The van der Waals surface area contributed by atoms with Crippen molar-refractivity contribution >= 4 is 40.4 Å². The lowest BCUT2D eigenvalue weighted by Crippen LogP contribution is -2.43. The van der Waals surface area contributed by atoms with Gasteiger partial charge in [-0.05, 0) is 64.4 Å². The number of aryl methyl sites for hydroxylation is 1. The Morgan fingerprint density at radius 3 is 2.02 bits per heavy atom. The molecule has 0 radical (unpaired) electrons. The second kappa shape index (κ2) is 16.5. The highest BCUT2D eigenvalue weighted by Gasteiger charge is 2.38. The minimum Gasteiger partial charge on any atom is -0.493 e. The quantitative estimate of drug-likeness (QED) is 0.135. The number of nitrogens with zero attached hydrogens (tertiary/aromatic N) is 3. The van der Waals surface area contributed by atoms with Gasteiger partial charge in [0.25, 0.3) is 5.91 Å². The molecule has 19 heteroatoms. The molecular formula is C30H32F6N6O7. The van der Waals surface area contributed by atoms with Gasteiger partial charge in [0.1, 0.15) is 17.3 Å². The molecule has 266 valence electrons. The molecule has 2 aromatic heterocycles. The molecule has 13 nitrogen and oxygen atoms in total. The van der Waals surface area contributed by atoms with Crippen LogP contribution in [0.2, 0.25) is 0 Å². The average Bonchev–Trinajstić information content (AvgIpc) is 3.48. The molecule has 2 heterocycles. The van der Waals surface area contributed by atoms with Gasteiger partial charge in [0.05, 0.1) is 17.5 Å². The van der Waals surface area contributed by atoms with E-state index in [0.29, 0.717) is 35.6 Å². The van der Waals surface area contributed by atoms with Crippen LogP contribution in [0.3, 0.4) is 0 Å². The summed E-state index contributed by atoms with van der Waals surface area (Å²) in [5, 5.41) is 28.2. The number of amides is 1. The Morgan fingerprint density at radius 1 is 0.898 bits per heavy atom. The highest BCUT2D eigenvalue weighted by atomic mass is 19.4. The summed E-state index contributed by atoms with van der Waals surface area (Å²) in [6.45, 7) is 10.2. The van der Waals surface area contributed by atoms with E-state index < -0.39 is 24.3 Å². The number of carboxylic acids is 2. The number of rotatable bonds is 8. The highest BCUT2D eigenvalue weighted by Crippen LogP contribution is 2.35. The lowest BCUT2D eigenvalue weighted by atomic mass is 10.1. The van der Waals surface area contributed by atoms with Crippen molar-refractivity contribution in [1.29, 1.82) is 0 Å². The van der Waals surface area contributed by atoms with Crippen molar-refractivity contribution in [3.63, 3.8) is 0 Å². The summed E-state index contributed by atoms with van der Waals surface area (Å²) in [6, 6.07) is 13.2. The van der Waals surface area contributed by atoms with E-state index in [1.807, 2.05) is 71.0 Å². The third-order valence-corrected chi connectivity index (χ3v) is 5.42. The Balaban J connectivity index is 0.000000500. The zero-order valence-corrected chi connectivity index (χ0v) is 26.6. The summed E-state index contributed by atoms with van der Waals surface area (Å²) < 4.78 is 75.1.